The van der Waals surface area contributed by atoms with Crippen LogP contribution in [0.2, 0.25) is 0 Å². The molecule has 0 saturated carbocycles. The first-order chi connectivity index (χ1) is 11.6. The van der Waals surface area contributed by atoms with Crippen LogP contribution in [0.1, 0.15) is 29.4 Å². The van der Waals surface area contributed by atoms with Crippen molar-refractivity contribution in [2.45, 2.75) is 32.4 Å². The molecule has 1 aliphatic rings. The number of nitrogens with one attached hydrogen (secondary N) is 1. The summed E-state index contributed by atoms with van der Waals surface area (Å²) < 4.78 is 11.2. The molecule has 1 saturated heterocycles. The van der Waals surface area contributed by atoms with Crippen molar-refractivity contribution in [2.24, 2.45) is 0 Å². The summed E-state index contributed by atoms with van der Waals surface area (Å²) in [6.45, 7) is 4.54. The molecular formula is C18H23N3O3. The summed E-state index contributed by atoms with van der Waals surface area (Å²) in [7, 11) is 1.67. The lowest BCUT2D eigenvalue weighted by Gasteiger charge is -2.23. The molecule has 1 aliphatic heterocycles. The van der Waals surface area contributed by atoms with Crippen molar-refractivity contribution in [1.82, 2.24) is 14.9 Å². The highest BCUT2D eigenvalue weighted by atomic mass is 16.5. The average Bonchev–Trinajstić information content (AvgIpc) is 3.24. The topological polar surface area (TPSA) is 67.5 Å². The van der Waals surface area contributed by atoms with Crippen LogP contribution >= 0.6 is 0 Å². The van der Waals surface area contributed by atoms with Gasteiger partial charge in [0.15, 0.2) is 6.61 Å². The Balaban J connectivity index is 1.69. The van der Waals surface area contributed by atoms with E-state index in [2.05, 4.69) is 9.97 Å². The van der Waals surface area contributed by atoms with Gasteiger partial charge in [-0.2, -0.15) is 0 Å². The molecule has 128 valence electrons. The number of H-pyrrole nitrogens is 1. The van der Waals surface area contributed by atoms with Crippen LogP contribution in [0.15, 0.2) is 30.6 Å². The number of nitrogens with zero attached hydrogens (tertiary/aromatic N) is 2. The number of imidazole rings is 1. The van der Waals surface area contributed by atoms with E-state index in [0.29, 0.717) is 6.54 Å². The fourth-order valence-electron chi connectivity index (χ4n) is 3.05. The predicted molar refractivity (Wildman–Crippen MR) is 89.9 cm³/mol. The number of aromatic amines is 1. The first-order valence-electron chi connectivity index (χ1n) is 8.10. The first kappa shape index (κ1) is 16.5. The van der Waals surface area contributed by atoms with Crippen molar-refractivity contribution in [2.75, 3.05) is 20.3 Å². The van der Waals surface area contributed by atoms with Gasteiger partial charge >= 0.3 is 0 Å². The van der Waals surface area contributed by atoms with E-state index in [0.717, 1.165) is 29.1 Å². The summed E-state index contributed by atoms with van der Waals surface area (Å²) in [6, 6.07) is 5.88. The minimum atomic E-state index is -0.0975. The number of hydrogen-bond acceptors (Lipinski definition) is 4. The Hall–Kier alpha value is -2.34. The average molecular weight is 329 g/mol. The minimum absolute atomic E-state index is 0.0118. The summed E-state index contributed by atoms with van der Waals surface area (Å²) in [5, 5.41) is 0. The third-order valence-electron chi connectivity index (χ3n) is 4.45. The largest absolute Gasteiger partial charge is 0.483 e. The van der Waals surface area contributed by atoms with Gasteiger partial charge in [-0.3, -0.25) is 4.79 Å². The number of rotatable bonds is 5. The number of methoxy groups -OCH3 is 1. The van der Waals surface area contributed by atoms with E-state index in [9.17, 15) is 4.79 Å². The summed E-state index contributed by atoms with van der Waals surface area (Å²) in [4.78, 5) is 21.9. The van der Waals surface area contributed by atoms with Gasteiger partial charge in [0.05, 0.1) is 12.1 Å². The highest BCUT2D eigenvalue weighted by Gasteiger charge is 2.37. The number of carbonyl (C=O) groups excluding carboxylic acids is 1. The van der Waals surface area contributed by atoms with Gasteiger partial charge in [0.25, 0.3) is 5.91 Å². The molecule has 0 bridgehead atoms. The van der Waals surface area contributed by atoms with E-state index in [-0.39, 0.29) is 24.7 Å². The molecule has 2 atom stereocenters. The van der Waals surface area contributed by atoms with Gasteiger partial charge in [-0.15, -0.1) is 0 Å². The van der Waals surface area contributed by atoms with Crippen molar-refractivity contribution in [3.8, 4) is 5.75 Å². The third kappa shape index (κ3) is 3.43. The number of amides is 1. The lowest BCUT2D eigenvalue weighted by molar-refractivity contribution is -0.134. The maximum Gasteiger partial charge on any atom is 0.261 e. The molecule has 1 aromatic heterocycles. The Kier molecular flexibility index (Phi) is 4.85. The van der Waals surface area contributed by atoms with E-state index in [1.807, 2.05) is 32.0 Å². The van der Waals surface area contributed by atoms with Gasteiger partial charge in [0, 0.05) is 32.5 Å². The van der Waals surface area contributed by atoms with E-state index >= 15 is 0 Å². The van der Waals surface area contributed by atoms with Crippen LogP contribution < -0.4 is 4.74 Å². The van der Waals surface area contributed by atoms with Gasteiger partial charge in [-0.25, -0.2) is 4.98 Å². The minimum Gasteiger partial charge on any atom is -0.483 e. The van der Waals surface area contributed by atoms with Crippen LogP contribution in [0.5, 0.6) is 5.75 Å². The lowest BCUT2D eigenvalue weighted by Crippen LogP contribution is -2.36. The lowest BCUT2D eigenvalue weighted by atomic mass is 10.1. The zero-order valence-corrected chi connectivity index (χ0v) is 14.3. The molecule has 2 heterocycles. The Morgan fingerprint density at radius 2 is 2.25 bits per heavy atom. The van der Waals surface area contributed by atoms with Crippen LogP contribution in [0.25, 0.3) is 0 Å². The molecule has 1 N–H and O–H groups in total. The molecule has 1 unspecified atom stereocenters. The van der Waals surface area contributed by atoms with Crippen LogP contribution in [-0.4, -0.2) is 47.1 Å². The fraction of sp³-hybridized carbons (Fsp3) is 0.444. The maximum absolute atomic E-state index is 12.7. The molecule has 6 nitrogen and oxygen atoms in total. The summed E-state index contributed by atoms with van der Waals surface area (Å²) in [6.07, 6.45) is 4.22. The van der Waals surface area contributed by atoms with Crippen molar-refractivity contribution >= 4 is 5.91 Å². The third-order valence-corrected chi connectivity index (χ3v) is 4.45. The number of ether oxygens (including phenoxy) is 2. The molecule has 24 heavy (non-hydrogen) atoms. The number of carbonyl (C=O) groups is 1. The molecule has 1 amide bonds. The maximum atomic E-state index is 12.7. The smallest absolute Gasteiger partial charge is 0.261 e. The van der Waals surface area contributed by atoms with E-state index < -0.39 is 0 Å². The molecule has 1 aromatic carbocycles. The fourth-order valence-corrected chi connectivity index (χ4v) is 3.05. The molecule has 3 rings (SSSR count). The molecule has 0 spiro atoms. The van der Waals surface area contributed by atoms with Crippen LogP contribution in [0.4, 0.5) is 0 Å². The molecule has 0 aliphatic carbocycles. The van der Waals surface area contributed by atoms with Crippen LogP contribution in [0, 0.1) is 13.8 Å². The molecule has 1 fully saturated rings. The van der Waals surface area contributed by atoms with Crippen molar-refractivity contribution in [3.05, 3.63) is 47.5 Å². The summed E-state index contributed by atoms with van der Waals surface area (Å²) >= 11 is 0. The molecule has 2 aromatic rings. The molecular weight excluding hydrogens is 306 g/mol. The van der Waals surface area contributed by atoms with Gasteiger partial charge in [0.2, 0.25) is 0 Å². The molecule has 0 radical (unpaired) electrons. The van der Waals surface area contributed by atoms with Crippen molar-refractivity contribution in [1.29, 1.82) is 0 Å². The number of benzene rings is 1. The van der Waals surface area contributed by atoms with Gasteiger partial charge in [0.1, 0.15) is 11.6 Å². The number of hydrogen-bond donors (Lipinski definition) is 1. The van der Waals surface area contributed by atoms with Crippen LogP contribution in [-0.2, 0) is 9.53 Å². The monoisotopic (exact) mass is 329 g/mol. The second-order valence-corrected chi connectivity index (χ2v) is 6.19. The molecule has 6 heteroatoms. The zero-order valence-electron chi connectivity index (χ0n) is 14.3. The van der Waals surface area contributed by atoms with Crippen LogP contribution in [0.3, 0.4) is 0 Å². The number of likely N-dealkylation sites (tertiary alicyclic amines) is 1. The van der Waals surface area contributed by atoms with Crippen molar-refractivity contribution in [3.63, 3.8) is 0 Å². The second kappa shape index (κ2) is 7.05. The van der Waals surface area contributed by atoms with E-state index in [4.69, 9.17) is 9.47 Å². The standard InChI is InChI=1S/C18H23N3O3/c1-12-4-5-13(2)16(8-12)24-11-17(22)21-10-14(23-3)9-15(21)18-19-6-7-20-18/h4-8,14-15H,9-11H2,1-3H3,(H,19,20)/t14-,15?/m1/s1. The SMILES string of the molecule is CO[C@@H]1CC(c2ncc[nH]2)N(C(=O)COc2cc(C)ccc2C)C1. The predicted octanol–water partition coefficient (Wildman–Crippen LogP) is 2.39. The Morgan fingerprint density at radius 1 is 1.42 bits per heavy atom. The van der Waals surface area contributed by atoms with Crippen molar-refractivity contribution < 1.29 is 14.3 Å². The van der Waals surface area contributed by atoms with E-state index in [1.54, 1.807) is 24.4 Å². The highest BCUT2D eigenvalue weighted by molar-refractivity contribution is 5.78. The van der Waals surface area contributed by atoms with Gasteiger partial charge < -0.3 is 19.4 Å². The first-order valence-corrected chi connectivity index (χ1v) is 8.10. The Morgan fingerprint density at radius 3 is 2.96 bits per heavy atom. The van der Waals surface area contributed by atoms with E-state index in [1.165, 1.54) is 0 Å². The zero-order chi connectivity index (χ0) is 17.1. The van der Waals surface area contributed by atoms with Gasteiger partial charge in [-0.05, 0) is 31.0 Å². The number of aryl methyl sites for hydroxylation is 2. The highest BCUT2D eigenvalue weighted by Crippen LogP contribution is 2.31. The second-order valence-electron chi connectivity index (χ2n) is 6.19. The quantitative estimate of drug-likeness (QED) is 0.914. The Labute approximate surface area is 141 Å². The summed E-state index contributed by atoms with van der Waals surface area (Å²) in [5.74, 6) is 1.48. The summed E-state index contributed by atoms with van der Waals surface area (Å²) in [5.41, 5.74) is 2.13. The van der Waals surface area contributed by atoms with Gasteiger partial charge in [-0.1, -0.05) is 12.1 Å². The normalized spacial score (nSPS) is 20.4. The number of aromatic nitrogens is 2. The Bertz CT molecular complexity index is 700.